The van der Waals surface area contributed by atoms with E-state index in [0.717, 1.165) is 11.3 Å². The molecule has 156 valence electrons. The highest BCUT2D eigenvalue weighted by molar-refractivity contribution is 5.39. The molecule has 1 aromatic heterocycles. The smallest absolute Gasteiger partial charge is 0.276 e. The SMILES string of the molecule is C=CCOC(Cn1cc[n+](Cc2ccccc2[N+](=O)[O-])c1)c1ccccc1OCC. The van der Waals surface area contributed by atoms with Crippen LogP contribution in [0.15, 0.2) is 79.9 Å². The van der Waals surface area contributed by atoms with Crippen LogP contribution in [0.4, 0.5) is 5.69 Å². The first-order valence-electron chi connectivity index (χ1n) is 9.83. The first-order chi connectivity index (χ1) is 14.6. The number of nitrogens with zero attached hydrogens (tertiary/aromatic N) is 3. The van der Waals surface area contributed by atoms with Gasteiger partial charge < -0.3 is 9.47 Å². The normalized spacial score (nSPS) is 11.8. The molecular formula is C23H26N3O4+. The summed E-state index contributed by atoms with van der Waals surface area (Å²) in [4.78, 5) is 10.9. The molecule has 2 aromatic carbocycles. The fraction of sp³-hybridized carbons (Fsp3) is 0.261. The third-order valence-corrected chi connectivity index (χ3v) is 4.65. The molecular weight excluding hydrogens is 382 g/mol. The van der Waals surface area contributed by atoms with Crippen molar-refractivity contribution in [1.82, 2.24) is 4.57 Å². The third-order valence-electron chi connectivity index (χ3n) is 4.65. The number of nitro benzene ring substituents is 1. The van der Waals surface area contributed by atoms with E-state index in [2.05, 4.69) is 6.58 Å². The molecule has 7 nitrogen and oxygen atoms in total. The van der Waals surface area contributed by atoms with Gasteiger partial charge in [-0.15, -0.1) is 6.58 Å². The lowest BCUT2D eigenvalue weighted by atomic mass is 10.1. The Morgan fingerprint density at radius 2 is 2.00 bits per heavy atom. The number of aromatic nitrogens is 2. The van der Waals surface area contributed by atoms with E-state index in [0.29, 0.717) is 31.9 Å². The molecule has 0 aliphatic heterocycles. The van der Waals surface area contributed by atoms with Crippen molar-refractivity contribution in [1.29, 1.82) is 0 Å². The molecule has 0 fully saturated rings. The van der Waals surface area contributed by atoms with Crippen molar-refractivity contribution in [3.05, 3.63) is 101 Å². The van der Waals surface area contributed by atoms with Crippen molar-refractivity contribution >= 4 is 5.69 Å². The highest BCUT2D eigenvalue weighted by Crippen LogP contribution is 2.29. The van der Waals surface area contributed by atoms with Crippen molar-refractivity contribution in [3.63, 3.8) is 0 Å². The summed E-state index contributed by atoms with van der Waals surface area (Å²) in [5.41, 5.74) is 1.75. The lowest BCUT2D eigenvalue weighted by molar-refractivity contribution is -0.688. The van der Waals surface area contributed by atoms with Gasteiger partial charge in [0.2, 0.25) is 6.33 Å². The summed E-state index contributed by atoms with van der Waals surface area (Å²) in [6.45, 7) is 7.67. The Morgan fingerprint density at radius 3 is 2.77 bits per heavy atom. The summed E-state index contributed by atoms with van der Waals surface area (Å²) >= 11 is 0. The topological polar surface area (TPSA) is 70.4 Å². The fourth-order valence-corrected chi connectivity index (χ4v) is 3.31. The Labute approximate surface area is 176 Å². The Bertz CT molecular complexity index is 999. The minimum absolute atomic E-state index is 0.121. The number of rotatable bonds is 11. The summed E-state index contributed by atoms with van der Waals surface area (Å²) in [6.07, 6.45) is 7.25. The van der Waals surface area contributed by atoms with Crippen LogP contribution < -0.4 is 9.30 Å². The Morgan fingerprint density at radius 1 is 1.23 bits per heavy atom. The zero-order valence-electron chi connectivity index (χ0n) is 17.0. The van der Waals surface area contributed by atoms with Gasteiger partial charge in [0, 0.05) is 11.6 Å². The predicted molar refractivity (Wildman–Crippen MR) is 113 cm³/mol. The second-order valence-corrected chi connectivity index (χ2v) is 6.75. The van der Waals surface area contributed by atoms with Crippen LogP contribution in [0.25, 0.3) is 0 Å². The fourth-order valence-electron chi connectivity index (χ4n) is 3.31. The van der Waals surface area contributed by atoms with Gasteiger partial charge in [-0.3, -0.25) is 10.1 Å². The van der Waals surface area contributed by atoms with E-state index in [1.807, 2.05) is 65.1 Å². The number of nitro groups is 1. The van der Waals surface area contributed by atoms with Crippen molar-refractivity contribution in [3.8, 4) is 5.75 Å². The zero-order valence-corrected chi connectivity index (χ0v) is 17.0. The van der Waals surface area contributed by atoms with Gasteiger partial charge in [0.1, 0.15) is 37.3 Å². The van der Waals surface area contributed by atoms with Crippen LogP contribution in [0.1, 0.15) is 24.2 Å². The van der Waals surface area contributed by atoms with Crippen LogP contribution in [0, 0.1) is 10.1 Å². The van der Waals surface area contributed by atoms with E-state index < -0.39 is 0 Å². The highest BCUT2D eigenvalue weighted by Gasteiger charge is 2.21. The van der Waals surface area contributed by atoms with Gasteiger partial charge >= 0.3 is 0 Å². The molecule has 1 atom stereocenters. The Kier molecular flexibility index (Phi) is 7.34. The van der Waals surface area contributed by atoms with Gasteiger partial charge in [-0.1, -0.05) is 36.4 Å². The van der Waals surface area contributed by atoms with Crippen LogP contribution in [0.2, 0.25) is 0 Å². The number of ether oxygens (including phenoxy) is 2. The van der Waals surface area contributed by atoms with Crippen molar-refractivity contribution < 1.29 is 19.0 Å². The molecule has 0 aliphatic rings. The molecule has 0 N–H and O–H groups in total. The zero-order chi connectivity index (χ0) is 21.3. The number of hydrogen-bond acceptors (Lipinski definition) is 4. The quantitative estimate of drug-likeness (QED) is 0.208. The maximum Gasteiger partial charge on any atom is 0.276 e. The maximum absolute atomic E-state index is 11.3. The van der Waals surface area contributed by atoms with Gasteiger partial charge in [-0.25, -0.2) is 9.13 Å². The summed E-state index contributed by atoms with van der Waals surface area (Å²) < 4.78 is 15.7. The molecule has 0 aliphatic carbocycles. The summed E-state index contributed by atoms with van der Waals surface area (Å²) in [5, 5.41) is 11.3. The van der Waals surface area contributed by atoms with Gasteiger partial charge in [-0.05, 0) is 19.1 Å². The lowest BCUT2D eigenvalue weighted by Crippen LogP contribution is -2.32. The largest absolute Gasteiger partial charge is 0.493 e. The van der Waals surface area contributed by atoms with Crippen molar-refractivity contribution in [2.75, 3.05) is 13.2 Å². The molecule has 0 bridgehead atoms. The average Bonchev–Trinajstić information content (AvgIpc) is 3.19. The molecule has 3 aromatic rings. The van der Waals surface area contributed by atoms with Gasteiger partial charge in [0.25, 0.3) is 5.69 Å². The van der Waals surface area contributed by atoms with Gasteiger partial charge in [-0.2, -0.15) is 0 Å². The van der Waals surface area contributed by atoms with E-state index in [-0.39, 0.29) is 16.7 Å². The van der Waals surface area contributed by atoms with Gasteiger partial charge in [0.05, 0.1) is 23.7 Å². The van der Waals surface area contributed by atoms with Gasteiger partial charge in [0.15, 0.2) is 0 Å². The minimum atomic E-state index is -0.350. The monoisotopic (exact) mass is 408 g/mol. The number of benzene rings is 2. The molecule has 0 saturated carbocycles. The van der Waals surface area contributed by atoms with E-state index in [1.165, 1.54) is 6.07 Å². The summed E-state index contributed by atoms with van der Waals surface area (Å²) in [6, 6.07) is 14.6. The van der Waals surface area contributed by atoms with E-state index in [9.17, 15) is 10.1 Å². The van der Waals surface area contributed by atoms with Crippen LogP contribution in [0.3, 0.4) is 0 Å². The molecule has 30 heavy (non-hydrogen) atoms. The average molecular weight is 408 g/mol. The van der Waals surface area contributed by atoms with Crippen LogP contribution in [-0.2, 0) is 17.8 Å². The van der Waals surface area contributed by atoms with Crippen molar-refractivity contribution in [2.45, 2.75) is 26.1 Å². The second kappa shape index (κ2) is 10.4. The minimum Gasteiger partial charge on any atom is -0.493 e. The first-order valence-corrected chi connectivity index (χ1v) is 9.83. The summed E-state index contributed by atoms with van der Waals surface area (Å²) in [7, 11) is 0. The third kappa shape index (κ3) is 5.33. The van der Waals surface area contributed by atoms with Crippen LogP contribution in [0.5, 0.6) is 5.75 Å². The van der Waals surface area contributed by atoms with Crippen LogP contribution in [-0.4, -0.2) is 22.7 Å². The van der Waals surface area contributed by atoms with Crippen LogP contribution >= 0.6 is 0 Å². The molecule has 0 radical (unpaired) electrons. The number of imidazole rings is 1. The molecule has 0 amide bonds. The molecule has 7 heteroatoms. The molecule has 0 saturated heterocycles. The Balaban J connectivity index is 1.80. The lowest BCUT2D eigenvalue weighted by Gasteiger charge is -2.19. The Hall–Kier alpha value is -3.45. The second-order valence-electron chi connectivity index (χ2n) is 6.75. The predicted octanol–water partition coefficient (Wildman–Crippen LogP) is 4.07. The standard InChI is InChI=1S/C23H26N3O4/c1-3-15-30-23(20-10-6-8-12-22(20)29-4-2)17-25-14-13-24(18-25)16-19-9-5-7-11-21(19)26(27)28/h3,5-14,18,23H,1,4,15-17H2,2H3/q+1. The number of hydrogen-bond donors (Lipinski definition) is 0. The molecule has 1 heterocycles. The first kappa shape index (κ1) is 21.3. The molecule has 0 spiro atoms. The van der Waals surface area contributed by atoms with E-state index in [1.54, 1.807) is 18.2 Å². The van der Waals surface area contributed by atoms with E-state index in [4.69, 9.17) is 9.47 Å². The molecule has 3 rings (SSSR count). The maximum atomic E-state index is 11.3. The number of para-hydroxylation sites is 2. The highest BCUT2D eigenvalue weighted by atomic mass is 16.6. The van der Waals surface area contributed by atoms with Crippen molar-refractivity contribution in [2.24, 2.45) is 0 Å². The summed E-state index contributed by atoms with van der Waals surface area (Å²) in [5.74, 6) is 0.800. The molecule has 1 unspecified atom stereocenters. The van der Waals surface area contributed by atoms with E-state index >= 15 is 0 Å².